The second-order valence-corrected chi connectivity index (χ2v) is 11.4. The van der Waals surface area contributed by atoms with Crippen LogP contribution >= 0.6 is 0 Å². The first-order valence-electron chi connectivity index (χ1n) is 10.9. The smallest absolute Gasteiger partial charge is 0.262 e. The quantitative estimate of drug-likeness (QED) is 0.446. The first-order chi connectivity index (χ1) is 15.8. The second-order valence-electron chi connectivity index (χ2n) is 8.17. The Balaban J connectivity index is 1.28. The van der Waals surface area contributed by atoms with Crippen LogP contribution in [-0.4, -0.2) is 62.8 Å². The summed E-state index contributed by atoms with van der Waals surface area (Å²) in [5.74, 6) is 1.31. The second kappa shape index (κ2) is 10.4. The molecule has 2 unspecified atom stereocenters. The first kappa shape index (κ1) is 24.0. The van der Waals surface area contributed by atoms with Gasteiger partial charge in [0.1, 0.15) is 11.5 Å². The summed E-state index contributed by atoms with van der Waals surface area (Å²) in [6.07, 6.45) is 0. The van der Waals surface area contributed by atoms with Crippen molar-refractivity contribution in [3.63, 3.8) is 0 Å². The number of carbonyl (C=O) groups is 1. The highest BCUT2D eigenvalue weighted by Gasteiger charge is 2.34. The van der Waals surface area contributed by atoms with Gasteiger partial charge in [0.05, 0.1) is 24.2 Å². The fraction of sp³-hybridized carbons (Fsp3) is 0.435. The van der Waals surface area contributed by atoms with Crippen LogP contribution < -0.4 is 15.4 Å². The van der Waals surface area contributed by atoms with E-state index in [1.54, 1.807) is 12.1 Å². The number of thiol groups is 1. The fourth-order valence-corrected chi connectivity index (χ4v) is 6.42. The number of carbonyl (C=O) groups excluding carboxylic acids is 1. The Morgan fingerprint density at radius 3 is 2.58 bits per heavy atom. The molecule has 2 aliphatic heterocycles. The molecule has 0 spiro atoms. The van der Waals surface area contributed by atoms with Crippen LogP contribution in [0.5, 0.6) is 5.75 Å². The van der Waals surface area contributed by atoms with Gasteiger partial charge in [0.15, 0.2) is 6.61 Å². The van der Waals surface area contributed by atoms with Gasteiger partial charge >= 0.3 is 0 Å². The lowest BCUT2D eigenvalue weighted by Crippen LogP contribution is -2.44. The Morgan fingerprint density at radius 2 is 1.88 bits per heavy atom. The Hall–Kier alpha value is -2.11. The van der Waals surface area contributed by atoms with Crippen LogP contribution in [0.4, 0.5) is 0 Å². The van der Waals surface area contributed by atoms with E-state index in [0.29, 0.717) is 32.1 Å². The minimum Gasteiger partial charge on any atom is -0.484 e. The third-order valence-electron chi connectivity index (χ3n) is 5.87. The van der Waals surface area contributed by atoms with E-state index < -0.39 is 10.0 Å². The van der Waals surface area contributed by atoms with Gasteiger partial charge in [-0.1, -0.05) is 18.2 Å². The number of rotatable bonds is 7. The molecule has 2 heterocycles. The number of hydrogen-bond acceptors (Lipinski definition) is 6. The van der Waals surface area contributed by atoms with E-state index >= 15 is 0 Å². The molecule has 2 fully saturated rings. The van der Waals surface area contributed by atoms with Crippen molar-refractivity contribution in [1.82, 2.24) is 14.9 Å². The summed E-state index contributed by atoms with van der Waals surface area (Å²) in [5, 5.41) is 6.35. The molecular weight excluding hydrogens is 462 g/mol. The number of nitrogens with one attached hydrogen (secondary N) is 2. The molecule has 2 aromatic carbocycles. The summed E-state index contributed by atoms with van der Waals surface area (Å²) >= 11 is 1.05. The van der Waals surface area contributed by atoms with Crippen LogP contribution in [0.1, 0.15) is 22.7 Å². The van der Waals surface area contributed by atoms with Crippen molar-refractivity contribution in [2.45, 2.75) is 30.3 Å². The third kappa shape index (κ3) is 5.88. The van der Waals surface area contributed by atoms with Crippen molar-refractivity contribution in [1.29, 1.82) is 0 Å². The fourth-order valence-electron chi connectivity index (χ4n) is 3.75. The highest BCUT2D eigenvalue weighted by molar-refractivity contribution is 7.89. The molecule has 2 aromatic rings. The van der Waals surface area contributed by atoms with Crippen LogP contribution in [0.2, 0.25) is 0 Å². The lowest BCUT2D eigenvalue weighted by Gasteiger charge is -2.26. The van der Waals surface area contributed by atoms with Crippen molar-refractivity contribution in [2.75, 3.05) is 38.7 Å². The summed E-state index contributed by atoms with van der Waals surface area (Å²) in [7, 11) is -3.50. The normalized spacial score (nSPS) is 21.6. The number of aryl methyl sites for hydroxylation is 2. The summed E-state index contributed by atoms with van der Waals surface area (Å²) in [6, 6.07) is 12.8. The molecule has 2 aliphatic rings. The topological polar surface area (TPSA) is 97.0 Å². The average Bonchev–Trinajstić information content (AvgIpc) is 3.29. The third-order valence-corrected chi connectivity index (χ3v) is 9.00. The van der Waals surface area contributed by atoms with Crippen LogP contribution in [0.3, 0.4) is 0 Å². The maximum Gasteiger partial charge on any atom is 0.262 e. The van der Waals surface area contributed by atoms with Crippen LogP contribution in [0.25, 0.3) is 0 Å². The number of sulfonamides is 1. The van der Waals surface area contributed by atoms with E-state index in [0.717, 1.165) is 28.6 Å². The van der Waals surface area contributed by atoms with E-state index in [-0.39, 0.29) is 28.9 Å². The predicted molar refractivity (Wildman–Crippen MR) is 129 cm³/mol. The molecule has 2 N–H and O–H groups in total. The highest BCUT2D eigenvalue weighted by atomic mass is 32.2. The molecular formula is C23H30N3O5S2+. The molecule has 178 valence electrons. The van der Waals surface area contributed by atoms with E-state index in [1.807, 2.05) is 44.2 Å². The van der Waals surface area contributed by atoms with Gasteiger partial charge in [0.25, 0.3) is 5.91 Å². The van der Waals surface area contributed by atoms with E-state index in [4.69, 9.17) is 9.47 Å². The lowest BCUT2D eigenvalue weighted by atomic mass is 10.1. The molecule has 0 aromatic heterocycles. The number of benzene rings is 2. The van der Waals surface area contributed by atoms with Crippen LogP contribution in [-0.2, 0) is 31.3 Å². The lowest BCUT2D eigenvalue weighted by molar-refractivity contribution is -0.123. The Morgan fingerprint density at radius 1 is 1.15 bits per heavy atom. The summed E-state index contributed by atoms with van der Waals surface area (Å²) in [5.41, 5.74) is 3.11. The summed E-state index contributed by atoms with van der Waals surface area (Å²) in [4.78, 5) is 12.6. The van der Waals surface area contributed by atoms with Gasteiger partial charge in [-0.3, -0.25) is 10.1 Å². The van der Waals surface area contributed by atoms with Crippen molar-refractivity contribution in [3.05, 3.63) is 59.2 Å². The number of amides is 1. The molecule has 8 nitrogen and oxygen atoms in total. The number of morpholine rings is 1. The molecule has 0 saturated carbocycles. The van der Waals surface area contributed by atoms with Gasteiger partial charge in [-0.2, -0.15) is 4.31 Å². The number of ether oxygens (including phenoxy) is 2. The standard InChI is InChI=1S/C23H29N3O5S2/c1-16-3-6-19(13-17(16)2)31-14-22(27)25-23-24-21(15-32-23)18-4-7-20(8-5-18)33(28,29)26-9-11-30-12-10-26/h3-8,13,21,23-24H,9-12,14-15H2,1-2H3,(H,25,27)/p+1. The van der Waals surface area contributed by atoms with Gasteiger partial charge in [0.2, 0.25) is 15.5 Å². The molecule has 10 heteroatoms. The number of hydrogen-bond donors (Lipinski definition) is 2. The van der Waals surface area contributed by atoms with Crippen LogP contribution in [0.15, 0.2) is 47.4 Å². The first-order valence-corrected chi connectivity index (χ1v) is 13.5. The molecule has 2 atom stereocenters. The zero-order valence-electron chi connectivity index (χ0n) is 18.8. The van der Waals surface area contributed by atoms with Gasteiger partial charge in [-0.15, -0.1) is 0 Å². The Kier molecular flexibility index (Phi) is 7.60. The summed E-state index contributed by atoms with van der Waals surface area (Å²) < 4.78 is 37.9. The van der Waals surface area contributed by atoms with Gasteiger partial charge in [-0.25, -0.2) is 13.7 Å². The van der Waals surface area contributed by atoms with Crippen molar-refractivity contribution >= 4 is 27.7 Å². The predicted octanol–water partition coefficient (Wildman–Crippen LogP) is 1.26. The molecule has 2 saturated heterocycles. The monoisotopic (exact) mass is 492 g/mol. The van der Waals surface area contributed by atoms with Gasteiger partial charge in [0, 0.05) is 24.9 Å². The Labute approximate surface area is 199 Å². The van der Waals surface area contributed by atoms with Crippen molar-refractivity contribution < 1.29 is 22.7 Å². The largest absolute Gasteiger partial charge is 0.484 e. The van der Waals surface area contributed by atoms with Gasteiger partial charge in [-0.05, 0) is 54.8 Å². The molecule has 33 heavy (non-hydrogen) atoms. The van der Waals surface area contributed by atoms with Crippen molar-refractivity contribution in [3.8, 4) is 5.75 Å². The molecule has 4 rings (SSSR count). The van der Waals surface area contributed by atoms with Gasteiger partial charge < -0.3 is 9.47 Å². The maximum atomic E-state index is 12.8. The molecule has 0 bridgehead atoms. The van der Waals surface area contributed by atoms with E-state index in [9.17, 15) is 13.2 Å². The zero-order chi connectivity index (χ0) is 23.4. The minimum atomic E-state index is -3.50. The number of nitrogens with zero attached hydrogens (tertiary/aromatic N) is 1. The van der Waals surface area contributed by atoms with E-state index in [1.165, 1.54) is 9.87 Å². The van der Waals surface area contributed by atoms with Crippen molar-refractivity contribution in [2.24, 2.45) is 0 Å². The molecule has 0 radical (unpaired) electrons. The maximum absolute atomic E-state index is 12.8. The minimum absolute atomic E-state index is 0.0396. The zero-order valence-corrected chi connectivity index (χ0v) is 20.5. The summed E-state index contributed by atoms with van der Waals surface area (Å²) in [6.45, 7) is 5.59. The highest BCUT2D eigenvalue weighted by Crippen LogP contribution is 2.23. The molecule has 0 aliphatic carbocycles. The van der Waals surface area contributed by atoms with Crippen LogP contribution in [0, 0.1) is 13.8 Å². The molecule has 1 amide bonds. The Bertz CT molecular complexity index is 1090. The average molecular weight is 493 g/mol. The SMILES string of the molecule is Cc1ccc(OCC(=O)NC2NC(c3ccc(S(=O)(=O)N4CCOCC4)cc3)C[SH+]2)cc1C. The van der Waals surface area contributed by atoms with E-state index in [2.05, 4.69) is 10.6 Å².